The van der Waals surface area contributed by atoms with Crippen LogP contribution in [0.25, 0.3) is 0 Å². The quantitative estimate of drug-likeness (QED) is 0.762. The molecule has 9 heteroatoms. The van der Waals surface area contributed by atoms with E-state index in [2.05, 4.69) is 15.6 Å². The van der Waals surface area contributed by atoms with Crippen molar-refractivity contribution in [3.05, 3.63) is 30.1 Å². The van der Waals surface area contributed by atoms with Crippen LogP contribution in [0.2, 0.25) is 0 Å². The smallest absolute Gasteiger partial charge is 0.317 e. The van der Waals surface area contributed by atoms with Crippen molar-refractivity contribution in [1.82, 2.24) is 20.5 Å². The summed E-state index contributed by atoms with van der Waals surface area (Å²) in [5.41, 5.74) is 0.770. The maximum Gasteiger partial charge on any atom is 0.317 e. The summed E-state index contributed by atoms with van der Waals surface area (Å²) in [7, 11) is -3.34. The molecule has 3 atom stereocenters. The van der Waals surface area contributed by atoms with Gasteiger partial charge in [0.15, 0.2) is 9.84 Å². The molecule has 0 radical (unpaired) electrons. The van der Waals surface area contributed by atoms with Crippen molar-refractivity contribution in [2.75, 3.05) is 18.8 Å². The lowest BCUT2D eigenvalue weighted by Gasteiger charge is -2.22. The molecule has 0 saturated carbocycles. The molecule has 0 bridgehead atoms. The number of fused-ring (bicyclic) bond motifs is 1. The van der Waals surface area contributed by atoms with Crippen LogP contribution in [0, 0.1) is 5.92 Å². The predicted molar refractivity (Wildman–Crippen MR) is 96.2 cm³/mol. The molecular weight excluding hydrogens is 356 g/mol. The van der Waals surface area contributed by atoms with Crippen LogP contribution in [0.1, 0.15) is 19.4 Å². The van der Waals surface area contributed by atoms with Gasteiger partial charge in [0.1, 0.15) is 0 Å². The SMILES string of the molecule is CC(C)NC(=O)N1C[C@H]2[C@H](NC(=O)Cc3cccnc3)CS(=O)(=O)[C@H]2C1. The maximum atomic E-state index is 12.5. The first-order valence-corrected chi connectivity index (χ1v) is 10.4. The van der Waals surface area contributed by atoms with Gasteiger partial charge in [0, 0.05) is 43.5 Å². The summed E-state index contributed by atoms with van der Waals surface area (Å²) >= 11 is 0. The van der Waals surface area contributed by atoms with E-state index >= 15 is 0 Å². The van der Waals surface area contributed by atoms with Gasteiger partial charge >= 0.3 is 6.03 Å². The summed E-state index contributed by atoms with van der Waals surface area (Å²) in [5, 5.41) is 5.03. The Labute approximate surface area is 153 Å². The van der Waals surface area contributed by atoms with Crippen molar-refractivity contribution < 1.29 is 18.0 Å². The van der Waals surface area contributed by atoms with Crippen molar-refractivity contribution in [3.8, 4) is 0 Å². The number of likely N-dealkylation sites (tertiary alicyclic amines) is 1. The standard InChI is InChI=1S/C17H24N4O4S/c1-11(2)19-17(23)21-8-13-14(10-26(24,25)15(13)9-21)20-16(22)6-12-4-3-5-18-7-12/h3-5,7,11,13-15H,6,8-10H2,1-2H3,(H,19,23)(H,20,22)/t13-,14+,15-/m0/s1. The number of pyridine rings is 1. The molecule has 0 aromatic carbocycles. The van der Waals surface area contributed by atoms with Crippen LogP contribution in [0.3, 0.4) is 0 Å². The highest BCUT2D eigenvalue weighted by Crippen LogP contribution is 2.34. The van der Waals surface area contributed by atoms with Gasteiger partial charge in [0.2, 0.25) is 5.91 Å². The summed E-state index contributed by atoms with van der Waals surface area (Å²) in [6.45, 7) is 4.22. The monoisotopic (exact) mass is 380 g/mol. The third-order valence-electron chi connectivity index (χ3n) is 4.83. The van der Waals surface area contributed by atoms with Crippen LogP contribution in [-0.4, -0.2) is 66.4 Å². The molecule has 0 aliphatic carbocycles. The van der Waals surface area contributed by atoms with Crippen LogP contribution in [0.5, 0.6) is 0 Å². The number of rotatable bonds is 4. The minimum Gasteiger partial charge on any atom is -0.352 e. The van der Waals surface area contributed by atoms with Crippen LogP contribution in [0.4, 0.5) is 4.79 Å². The number of sulfone groups is 1. The van der Waals surface area contributed by atoms with Crippen molar-refractivity contribution in [1.29, 1.82) is 0 Å². The second-order valence-electron chi connectivity index (χ2n) is 7.25. The number of hydrogen-bond donors (Lipinski definition) is 2. The summed E-state index contributed by atoms with van der Waals surface area (Å²) < 4.78 is 24.9. The molecule has 2 N–H and O–H groups in total. The Kier molecular flexibility index (Phi) is 5.17. The molecule has 2 aliphatic heterocycles. The molecule has 3 heterocycles. The van der Waals surface area contributed by atoms with E-state index in [0.717, 1.165) is 5.56 Å². The highest BCUT2D eigenvalue weighted by Gasteiger charge is 2.53. The zero-order chi connectivity index (χ0) is 18.9. The third-order valence-corrected chi connectivity index (χ3v) is 7.08. The number of hydrogen-bond acceptors (Lipinski definition) is 5. The molecule has 2 aliphatic rings. The molecular formula is C17H24N4O4S. The van der Waals surface area contributed by atoms with Crippen molar-refractivity contribution in [2.45, 2.75) is 37.6 Å². The van der Waals surface area contributed by atoms with Crippen molar-refractivity contribution >= 4 is 21.8 Å². The third kappa shape index (κ3) is 3.98. The van der Waals surface area contributed by atoms with Crippen molar-refractivity contribution in [3.63, 3.8) is 0 Å². The summed E-state index contributed by atoms with van der Waals surface area (Å²) in [6.07, 6.45) is 3.39. The highest BCUT2D eigenvalue weighted by molar-refractivity contribution is 7.92. The average Bonchev–Trinajstić information content (AvgIpc) is 3.08. The first-order chi connectivity index (χ1) is 12.3. The highest BCUT2D eigenvalue weighted by atomic mass is 32.2. The van der Waals surface area contributed by atoms with E-state index in [1.165, 1.54) is 4.90 Å². The van der Waals surface area contributed by atoms with Crippen LogP contribution in [-0.2, 0) is 21.1 Å². The van der Waals surface area contributed by atoms with E-state index in [4.69, 9.17) is 0 Å². The fourth-order valence-electron chi connectivity index (χ4n) is 3.66. The largest absolute Gasteiger partial charge is 0.352 e. The lowest BCUT2D eigenvalue weighted by molar-refractivity contribution is -0.121. The van der Waals surface area contributed by atoms with E-state index in [1.54, 1.807) is 24.5 Å². The minimum absolute atomic E-state index is 0.0190. The number of nitrogens with zero attached hydrogens (tertiary/aromatic N) is 2. The Hall–Kier alpha value is -2.16. The molecule has 1 aromatic rings. The van der Waals surface area contributed by atoms with E-state index < -0.39 is 21.1 Å². The van der Waals surface area contributed by atoms with Gasteiger partial charge in [-0.3, -0.25) is 9.78 Å². The molecule has 3 rings (SSSR count). The summed E-state index contributed by atoms with van der Waals surface area (Å²) in [6, 6.07) is 2.81. The number of amides is 3. The lowest BCUT2D eigenvalue weighted by atomic mass is 10.0. The number of nitrogens with one attached hydrogen (secondary N) is 2. The van der Waals surface area contributed by atoms with E-state index in [1.807, 2.05) is 13.8 Å². The van der Waals surface area contributed by atoms with Gasteiger partial charge in [0.25, 0.3) is 0 Å². The molecule has 142 valence electrons. The Balaban J connectivity index is 1.66. The zero-order valence-electron chi connectivity index (χ0n) is 14.9. The fourth-order valence-corrected chi connectivity index (χ4v) is 5.96. The van der Waals surface area contributed by atoms with Crippen LogP contribution < -0.4 is 10.6 Å². The maximum absolute atomic E-state index is 12.5. The Bertz CT molecular complexity index is 781. The van der Waals surface area contributed by atoms with Crippen LogP contribution >= 0.6 is 0 Å². The van der Waals surface area contributed by atoms with Gasteiger partial charge in [0.05, 0.1) is 17.4 Å². The first-order valence-electron chi connectivity index (χ1n) is 8.71. The molecule has 1 aromatic heterocycles. The number of aromatic nitrogens is 1. The topological polar surface area (TPSA) is 108 Å². The van der Waals surface area contributed by atoms with Crippen molar-refractivity contribution in [2.24, 2.45) is 5.92 Å². The first kappa shape index (κ1) is 18.6. The Morgan fingerprint density at radius 2 is 2.12 bits per heavy atom. The molecule has 2 saturated heterocycles. The second kappa shape index (κ2) is 7.22. The van der Waals surface area contributed by atoms with E-state index in [-0.39, 0.29) is 42.6 Å². The normalized spacial score (nSPS) is 26.6. The van der Waals surface area contributed by atoms with Gasteiger partial charge in [-0.25, -0.2) is 13.2 Å². The van der Waals surface area contributed by atoms with Crippen LogP contribution in [0.15, 0.2) is 24.5 Å². The average molecular weight is 380 g/mol. The molecule has 0 spiro atoms. The molecule has 8 nitrogen and oxygen atoms in total. The Morgan fingerprint density at radius 3 is 2.77 bits per heavy atom. The van der Waals surface area contributed by atoms with E-state index in [9.17, 15) is 18.0 Å². The predicted octanol–water partition coefficient (Wildman–Crippen LogP) is -0.0443. The van der Waals surface area contributed by atoms with Gasteiger partial charge < -0.3 is 15.5 Å². The number of carbonyl (C=O) groups excluding carboxylic acids is 2. The van der Waals surface area contributed by atoms with E-state index in [0.29, 0.717) is 6.54 Å². The molecule has 26 heavy (non-hydrogen) atoms. The zero-order valence-corrected chi connectivity index (χ0v) is 15.7. The van der Waals surface area contributed by atoms with Gasteiger partial charge in [-0.1, -0.05) is 6.07 Å². The van der Waals surface area contributed by atoms with Gasteiger partial charge in [-0.15, -0.1) is 0 Å². The second-order valence-corrected chi connectivity index (χ2v) is 9.52. The minimum atomic E-state index is -3.34. The molecule has 0 unspecified atom stereocenters. The fraction of sp³-hybridized carbons (Fsp3) is 0.588. The lowest BCUT2D eigenvalue weighted by Crippen LogP contribution is -2.45. The summed E-state index contributed by atoms with van der Waals surface area (Å²) in [4.78, 5) is 30.0. The molecule has 3 amide bonds. The van der Waals surface area contributed by atoms with Gasteiger partial charge in [-0.2, -0.15) is 0 Å². The Morgan fingerprint density at radius 1 is 1.35 bits per heavy atom. The summed E-state index contributed by atoms with van der Waals surface area (Å²) in [5.74, 6) is -0.569. The number of carbonyl (C=O) groups is 2. The van der Waals surface area contributed by atoms with Gasteiger partial charge in [-0.05, 0) is 25.5 Å². The number of urea groups is 1. The molecule has 2 fully saturated rings.